The zero-order valence-electron chi connectivity index (χ0n) is 14.1. The number of amides is 1. The van der Waals surface area contributed by atoms with Crippen LogP contribution in [0.2, 0.25) is 0 Å². The van der Waals surface area contributed by atoms with Crippen LogP contribution in [0, 0.1) is 13.8 Å². The van der Waals surface area contributed by atoms with Gasteiger partial charge >= 0.3 is 0 Å². The molecule has 0 aliphatic heterocycles. The van der Waals surface area contributed by atoms with Crippen LogP contribution >= 0.6 is 0 Å². The van der Waals surface area contributed by atoms with Gasteiger partial charge in [-0.25, -0.2) is 5.43 Å². The second-order valence-corrected chi connectivity index (χ2v) is 5.54. The van der Waals surface area contributed by atoms with Gasteiger partial charge in [0.15, 0.2) is 6.61 Å². The predicted molar refractivity (Wildman–Crippen MR) is 97.5 cm³/mol. The molecule has 4 nitrogen and oxygen atoms in total. The molecular weight excluding hydrogens is 300 g/mol. The number of aryl methyl sites for hydroxylation is 2. The number of hydrogen-bond donors (Lipinski definition) is 1. The van der Waals surface area contributed by atoms with Crippen molar-refractivity contribution >= 4 is 12.1 Å². The van der Waals surface area contributed by atoms with E-state index >= 15 is 0 Å². The Morgan fingerprint density at radius 1 is 1.25 bits per heavy atom. The Hall–Kier alpha value is -2.88. The summed E-state index contributed by atoms with van der Waals surface area (Å²) in [6.45, 7) is 7.68. The maximum Gasteiger partial charge on any atom is 0.277 e. The van der Waals surface area contributed by atoms with Crippen molar-refractivity contribution in [2.24, 2.45) is 5.10 Å². The van der Waals surface area contributed by atoms with Gasteiger partial charge in [0, 0.05) is 0 Å². The quantitative estimate of drug-likeness (QED) is 0.481. The molecule has 2 rings (SSSR count). The first-order chi connectivity index (χ1) is 11.6. The molecule has 2 aromatic carbocycles. The molecule has 0 aliphatic carbocycles. The fourth-order valence-corrected chi connectivity index (χ4v) is 2.29. The van der Waals surface area contributed by atoms with E-state index in [4.69, 9.17) is 4.74 Å². The third-order valence-electron chi connectivity index (χ3n) is 3.51. The molecule has 0 spiro atoms. The standard InChI is InChI=1S/C20H22N2O2/c1-4-7-17-8-5-6-9-19(17)24-14-20(23)22-21-13-18-11-10-15(2)12-16(18)3/h4-6,8-13H,1,7,14H2,2-3H3,(H,22,23)/b21-13+. The lowest BCUT2D eigenvalue weighted by Crippen LogP contribution is -2.24. The molecule has 1 N–H and O–H groups in total. The van der Waals surface area contributed by atoms with Crippen molar-refractivity contribution in [2.45, 2.75) is 20.3 Å². The molecule has 0 aromatic heterocycles. The Balaban J connectivity index is 1.87. The van der Waals surface area contributed by atoms with Gasteiger partial charge in [0.05, 0.1) is 6.21 Å². The Labute approximate surface area is 142 Å². The molecule has 24 heavy (non-hydrogen) atoms. The van der Waals surface area contributed by atoms with Crippen LogP contribution in [0.5, 0.6) is 5.75 Å². The highest BCUT2D eigenvalue weighted by Gasteiger charge is 2.05. The van der Waals surface area contributed by atoms with Crippen molar-refractivity contribution in [2.75, 3.05) is 6.61 Å². The predicted octanol–water partition coefficient (Wildman–Crippen LogP) is 3.56. The van der Waals surface area contributed by atoms with Crippen molar-refractivity contribution in [3.8, 4) is 5.75 Å². The molecule has 0 bridgehead atoms. The number of para-hydroxylation sites is 1. The number of benzene rings is 2. The fourth-order valence-electron chi connectivity index (χ4n) is 2.29. The summed E-state index contributed by atoms with van der Waals surface area (Å²) in [6, 6.07) is 13.7. The summed E-state index contributed by atoms with van der Waals surface area (Å²) in [5, 5.41) is 3.98. The average molecular weight is 322 g/mol. The van der Waals surface area contributed by atoms with E-state index in [9.17, 15) is 4.79 Å². The summed E-state index contributed by atoms with van der Waals surface area (Å²) < 4.78 is 5.56. The van der Waals surface area contributed by atoms with Crippen LogP contribution in [-0.4, -0.2) is 18.7 Å². The number of nitrogens with zero attached hydrogens (tertiary/aromatic N) is 1. The summed E-state index contributed by atoms with van der Waals surface area (Å²) in [5.74, 6) is 0.385. The molecular formula is C20H22N2O2. The molecule has 2 aromatic rings. The van der Waals surface area contributed by atoms with E-state index in [0.717, 1.165) is 16.7 Å². The molecule has 0 atom stereocenters. The SMILES string of the molecule is C=CCc1ccccc1OCC(=O)N/N=C/c1ccc(C)cc1C. The van der Waals surface area contributed by atoms with E-state index in [-0.39, 0.29) is 12.5 Å². The van der Waals surface area contributed by atoms with Gasteiger partial charge in [-0.05, 0) is 43.0 Å². The number of nitrogens with one attached hydrogen (secondary N) is 1. The number of rotatable bonds is 7. The molecule has 124 valence electrons. The molecule has 0 unspecified atom stereocenters. The number of hydrazone groups is 1. The first kappa shape index (κ1) is 17.5. The van der Waals surface area contributed by atoms with Gasteiger partial charge < -0.3 is 4.74 Å². The van der Waals surface area contributed by atoms with Gasteiger partial charge in [0.1, 0.15) is 5.75 Å². The average Bonchev–Trinajstić information content (AvgIpc) is 2.56. The largest absolute Gasteiger partial charge is 0.483 e. The monoisotopic (exact) mass is 322 g/mol. The van der Waals surface area contributed by atoms with Crippen molar-refractivity contribution < 1.29 is 9.53 Å². The molecule has 0 saturated heterocycles. The number of carbonyl (C=O) groups excluding carboxylic acids is 1. The van der Waals surface area contributed by atoms with Crippen LogP contribution < -0.4 is 10.2 Å². The lowest BCUT2D eigenvalue weighted by atomic mass is 10.1. The maximum absolute atomic E-state index is 11.8. The van der Waals surface area contributed by atoms with E-state index in [1.165, 1.54) is 5.56 Å². The van der Waals surface area contributed by atoms with Crippen molar-refractivity contribution in [3.63, 3.8) is 0 Å². The Kier molecular flexibility index (Phi) is 6.32. The van der Waals surface area contributed by atoms with Gasteiger partial charge in [0.25, 0.3) is 5.91 Å². The van der Waals surface area contributed by atoms with Gasteiger partial charge in [-0.1, -0.05) is 48.0 Å². The third kappa shape index (κ3) is 5.09. The number of ether oxygens (including phenoxy) is 1. The third-order valence-corrected chi connectivity index (χ3v) is 3.51. The first-order valence-electron chi connectivity index (χ1n) is 7.81. The van der Waals surface area contributed by atoms with Crippen LogP contribution in [0.25, 0.3) is 0 Å². The summed E-state index contributed by atoms with van der Waals surface area (Å²) in [5.41, 5.74) is 6.76. The number of carbonyl (C=O) groups is 1. The highest BCUT2D eigenvalue weighted by atomic mass is 16.5. The maximum atomic E-state index is 11.8. The molecule has 0 heterocycles. The second kappa shape index (κ2) is 8.67. The highest BCUT2D eigenvalue weighted by Crippen LogP contribution is 2.18. The van der Waals surface area contributed by atoms with Crippen LogP contribution in [0.1, 0.15) is 22.3 Å². The second-order valence-electron chi connectivity index (χ2n) is 5.54. The minimum atomic E-state index is -0.301. The van der Waals surface area contributed by atoms with Gasteiger partial charge in [-0.15, -0.1) is 6.58 Å². The zero-order valence-corrected chi connectivity index (χ0v) is 14.1. The Morgan fingerprint density at radius 3 is 2.79 bits per heavy atom. The summed E-state index contributed by atoms with van der Waals surface area (Å²) in [6.07, 6.45) is 4.14. The molecule has 0 saturated carbocycles. The molecule has 1 amide bonds. The van der Waals surface area contributed by atoms with Crippen molar-refractivity contribution in [3.05, 3.63) is 77.4 Å². The summed E-state index contributed by atoms with van der Waals surface area (Å²) >= 11 is 0. The minimum absolute atomic E-state index is 0.0849. The van der Waals surface area contributed by atoms with Crippen LogP contribution in [0.3, 0.4) is 0 Å². The molecule has 0 fully saturated rings. The normalized spacial score (nSPS) is 10.6. The lowest BCUT2D eigenvalue weighted by Gasteiger charge is -2.09. The zero-order chi connectivity index (χ0) is 17.4. The van der Waals surface area contributed by atoms with E-state index < -0.39 is 0 Å². The minimum Gasteiger partial charge on any atom is -0.483 e. The topological polar surface area (TPSA) is 50.7 Å². The number of hydrogen-bond acceptors (Lipinski definition) is 3. The molecule has 0 radical (unpaired) electrons. The summed E-state index contributed by atoms with van der Waals surface area (Å²) in [4.78, 5) is 11.8. The fraction of sp³-hybridized carbons (Fsp3) is 0.200. The highest BCUT2D eigenvalue weighted by molar-refractivity contribution is 5.84. The Morgan fingerprint density at radius 2 is 2.04 bits per heavy atom. The smallest absolute Gasteiger partial charge is 0.277 e. The van der Waals surface area contributed by atoms with Crippen molar-refractivity contribution in [1.82, 2.24) is 5.43 Å². The lowest BCUT2D eigenvalue weighted by molar-refractivity contribution is -0.123. The summed E-state index contributed by atoms with van der Waals surface area (Å²) in [7, 11) is 0. The van der Waals surface area contributed by atoms with Crippen LogP contribution in [0.15, 0.2) is 60.2 Å². The van der Waals surface area contributed by atoms with E-state index in [1.807, 2.05) is 50.2 Å². The van der Waals surface area contributed by atoms with Crippen molar-refractivity contribution in [1.29, 1.82) is 0 Å². The Bertz CT molecular complexity index is 751. The molecule has 0 aliphatic rings. The van der Waals surface area contributed by atoms with E-state index in [0.29, 0.717) is 12.2 Å². The van der Waals surface area contributed by atoms with Gasteiger partial charge in [-0.3, -0.25) is 4.79 Å². The molecule has 4 heteroatoms. The van der Waals surface area contributed by atoms with E-state index in [1.54, 1.807) is 12.3 Å². The van der Waals surface area contributed by atoms with Gasteiger partial charge in [0.2, 0.25) is 0 Å². The number of allylic oxidation sites excluding steroid dienone is 1. The van der Waals surface area contributed by atoms with Gasteiger partial charge in [-0.2, -0.15) is 5.10 Å². The van der Waals surface area contributed by atoms with Crippen LogP contribution in [-0.2, 0) is 11.2 Å². The van der Waals surface area contributed by atoms with Crippen LogP contribution in [0.4, 0.5) is 0 Å². The van der Waals surface area contributed by atoms with E-state index in [2.05, 4.69) is 23.2 Å². The first-order valence-corrected chi connectivity index (χ1v) is 7.81.